The molecule has 3 heteroatoms. The fourth-order valence-corrected chi connectivity index (χ4v) is 2.53. The van der Waals surface area contributed by atoms with Crippen molar-refractivity contribution in [3.63, 3.8) is 0 Å². The van der Waals surface area contributed by atoms with E-state index in [1.807, 2.05) is 24.3 Å². The largest absolute Gasteiger partial charge is 0.507 e. The molecule has 0 bridgehead atoms. The molecule has 1 aliphatic rings. The maximum Gasteiger partial charge on any atom is 0.123 e. The Labute approximate surface area is 98.8 Å². The second kappa shape index (κ2) is 3.56. The summed E-state index contributed by atoms with van der Waals surface area (Å²) >= 11 is 6.11. The highest BCUT2D eigenvalue weighted by Gasteiger charge is 2.18. The number of phenolic OH excluding ortho intramolecular Hbond substituents is 1. The van der Waals surface area contributed by atoms with Crippen molar-refractivity contribution in [3.8, 4) is 5.75 Å². The number of hydrogen-bond donors (Lipinski definition) is 2. The van der Waals surface area contributed by atoms with E-state index in [1.165, 1.54) is 5.56 Å². The number of halogens is 1. The van der Waals surface area contributed by atoms with Crippen molar-refractivity contribution >= 4 is 28.1 Å². The third-order valence-electron chi connectivity index (χ3n) is 3.07. The lowest BCUT2D eigenvalue weighted by molar-refractivity contribution is 0.481. The van der Waals surface area contributed by atoms with E-state index >= 15 is 0 Å². The zero-order valence-corrected chi connectivity index (χ0v) is 9.46. The molecule has 2 N–H and O–H groups in total. The van der Waals surface area contributed by atoms with E-state index in [1.54, 1.807) is 6.07 Å². The van der Waals surface area contributed by atoms with Gasteiger partial charge in [0.2, 0.25) is 0 Å². The maximum atomic E-state index is 9.77. The number of anilines is 1. The first-order valence-electron chi connectivity index (χ1n) is 5.37. The average Bonchev–Trinajstić information content (AvgIpc) is 2.28. The molecule has 0 radical (unpaired) electrons. The van der Waals surface area contributed by atoms with Gasteiger partial charge in [0.1, 0.15) is 5.75 Å². The molecule has 0 aromatic heterocycles. The second-order valence-corrected chi connectivity index (χ2v) is 4.77. The summed E-state index contributed by atoms with van der Waals surface area (Å²) in [4.78, 5) is 0. The quantitative estimate of drug-likeness (QED) is 0.686. The van der Waals surface area contributed by atoms with Crippen molar-refractivity contribution in [2.75, 3.05) is 11.9 Å². The minimum absolute atomic E-state index is 0.155. The smallest absolute Gasteiger partial charge is 0.123 e. The van der Waals surface area contributed by atoms with Crippen molar-refractivity contribution < 1.29 is 5.11 Å². The summed E-state index contributed by atoms with van der Waals surface area (Å²) in [6.07, 6.45) is 0.884. The highest BCUT2D eigenvalue weighted by Crippen LogP contribution is 2.35. The van der Waals surface area contributed by atoms with E-state index in [0.29, 0.717) is 5.75 Å². The van der Waals surface area contributed by atoms with E-state index in [4.69, 9.17) is 11.6 Å². The third-order valence-corrected chi connectivity index (χ3v) is 3.38. The van der Waals surface area contributed by atoms with Crippen molar-refractivity contribution in [1.82, 2.24) is 0 Å². The van der Waals surface area contributed by atoms with Gasteiger partial charge in [0, 0.05) is 23.0 Å². The summed E-state index contributed by atoms with van der Waals surface area (Å²) in [5.74, 6) is 0.329. The number of rotatable bonds is 0. The Morgan fingerprint density at radius 1 is 1.19 bits per heavy atom. The van der Waals surface area contributed by atoms with Gasteiger partial charge in [0.25, 0.3) is 0 Å². The van der Waals surface area contributed by atoms with Gasteiger partial charge < -0.3 is 10.4 Å². The van der Waals surface area contributed by atoms with Gasteiger partial charge in [-0.2, -0.15) is 0 Å². The molecule has 2 aromatic rings. The van der Waals surface area contributed by atoms with Crippen LogP contribution in [0, 0.1) is 0 Å². The Balaban J connectivity index is 2.28. The Morgan fingerprint density at radius 2 is 2.06 bits per heavy atom. The molecule has 1 aliphatic heterocycles. The van der Waals surface area contributed by atoms with E-state index < -0.39 is 0 Å². The number of benzene rings is 2. The van der Waals surface area contributed by atoms with Crippen LogP contribution in [-0.4, -0.2) is 17.0 Å². The fourth-order valence-electron chi connectivity index (χ4n) is 2.29. The molecule has 16 heavy (non-hydrogen) atoms. The lowest BCUT2D eigenvalue weighted by Gasteiger charge is -2.23. The van der Waals surface area contributed by atoms with Crippen molar-refractivity contribution in [1.29, 1.82) is 0 Å². The van der Waals surface area contributed by atoms with Gasteiger partial charge in [-0.25, -0.2) is 0 Å². The van der Waals surface area contributed by atoms with Crippen molar-refractivity contribution in [2.24, 2.45) is 0 Å². The summed E-state index contributed by atoms with van der Waals surface area (Å²) < 4.78 is 0. The van der Waals surface area contributed by atoms with Crippen LogP contribution in [0.1, 0.15) is 5.56 Å². The highest BCUT2D eigenvalue weighted by molar-refractivity contribution is 6.21. The van der Waals surface area contributed by atoms with E-state index in [-0.39, 0.29) is 5.38 Å². The molecule has 3 rings (SSSR count). The molecule has 0 saturated heterocycles. The number of aromatic hydroxyl groups is 1. The summed E-state index contributed by atoms with van der Waals surface area (Å²) in [6, 6.07) is 9.60. The number of hydrogen-bond acceptors (Lipinski definition) is 2. The van der Waals surface area contributed by atoms with Gasteiger partial charge in [-0.3, -0.25) is 0 Å². The molecular formula is C13H12ClNO. The van der Waals surface area contributed by atoms with Crippen LogP contribution in [0.4, 0.5) is 5.69 Å². The molecule has 0 fully saturated rings. The molecule has 82 valence electrons. The lowest BCUT2D eigenvalue weighted by atomic mass is 9.97. The first-order valence-corrected chi connectivity index (χ1v) is 5.81. The highest BCUT2D eigenvalue weighted by atomic mass is 35.5. The Kier molecular flexibility index (Phi) is 2.18. The van der Waals surface area contributed by atoms with Gasteiger partial charge in [-0.15, -0.1) is 11.6 Å². The Bertz CT molecular complexity index is 553. The molecule has 0 spiro atoms. The number of nitrogens with one attached hydrogen (secondary N) is 1. The van der Waals surface area contributed by atoms with Crippen LogP contribution >= 0.6 is 11.6 Å². The predicted octanol–water partition coefficient (Wildman–Crippen LogP) is 3.12. The molecule has 0 amide bonds. The van der Waals surface area contributed by atoms with Crippen LogP contribution in [0.15, 0.2) is 30.3 Å². The number of fused-ring (bicyclic) bond motifs is 3. The lowest BCUT2D eigenvalue weighted by Crippen LogP contribution is -2.23. The van der Waals surface area contributed by atoms with Crippen LogP contribution in [0.5, 0.6) is 5.75 Å². The van der Waals surface area contributed by atoms with E-state index in [9.17, 15) is 5.11 Å². The molecular weight excluding hydrogens is 222 g/mol. The second-order valence-electron chi connectivity index (χ2n) is 4.15. The fraction of sp³-hybridized carbons (Fsp3) is 0.231. The van der Waals surface area contributed by atoms with Crippen molar-refractivity contribution in [3.05, 3.63) is 35.9 Å². The molecule has 1 atom stereocenters. The first-order chi connectivity index (χ1) is 7.75. The number of alkyl halides is 1. The average molecular weight is 234 g/mol. The molecule has 0 aliphatic carbocycles. The Morgan fingerprint density at radius 3 is 2.94 bits per heavy atom. The van der Waals surface area contributed by atoms with Gasteiger partial charge in [0.05, 0.1) is 5.38 Å². The maximum absolute atomic E-state index is 9.77. The molecule has 0 saturated carbocycles. The van der Waals surface area contributed by atoms with Crippen molar-refractivity contribution in [2.45, 2.75) is 11.8 Å². The summed E-state index contributed by atoms with van der Waals surface area (Å²) in [5.41, 5.74) is 2.34. The van der Waals surface area contributed by atoms with Crippen LogP contribution in [-0.2, 0) is 6.42 Å². The molecule has 1 heterocycles. The zero-order valence-electron chi connectivity index (χ0n) is 8.70. The van der Waals surface area contributed by atoms with E-state index in [2.05, 4.69) is 5.32 Å². The normalized spacial score (nSPS) is 19.2. The minimum atomic E-state index is 0.155. The van der Waals surface area contributed by atoms with Crippen LogP contribution in [0.2, 0.25) is 0 Å². The first kappa shape index (κ1) is 9.79. The summed E-state index contributed by atoms with van der Waals surface area (Å²) in [7, 11) is 0. The molecule has 2 aromatic carbocycles. The monoisotopic (exact) mass is 233 g/mol. The summed E-state index contributed by atoms with van der Waals surface area (Å²) in [5, 5.41) is 15.2. The van der Waals surface area contributed by atoms with Gasteiger partial charge >= 0.3 is 0 Å². The van der Waals surface area contributed by atoms with Gasteiger partial charge in [0.15, 0.2) is 0 Å². The predicted molar refractivity (Wildman–Crippen MR) is 67.4 cm³/mol. The Hall–Kier alpha value is -1.41. The summed E-state index contributed by atoms with van der Waals surface area (Å²) in [6.45, 7) is 0.781. The zero-order chi connectivity index (χ0) is 11.1. The van der Waals surface area contributed by atoms with Crippen LogP contribution < -0.4 is 5.32 Å². The number of phenols is 1. The van der Waals surface area contributed by atoms with Gasteiger partial charge in [-0.1, -0.05) is 24.3 Å². The van der Waals surface area contributed by atoms with Crippen LogP contribution in [0.25, 0.3) is 10.8 Å². The topological polar surface area (TPSA) is 32.3 Å². The SMILES string of the molecule is Oc1cccc2c3c(ccc12)CC(Cl)CN3. The third kappa shape index (κ3) is 1.41. The van der Waals surface area contributed by atoms with Crippen LogP contribution in [0.3, 0.4) is 0 Å². The minimum Gasteiger partial charge on any atom is -0.507 e. The molecule has 2 nitrogen and oxygen atoms in total. The standard InChI is InChI=1S/C13H12ClNO/c14-9-6-8-4-5-10-11(13(8)15-7-9)2-1-3-12(10)16/h1-5,9,15-16H,6-7H2. The molecule has 1 unspecified atom stereocenters. The van der Waals surface area contributed by atoms with E-state index in [0.717, 1.165) is 29.4 Å². The van der Waals surface area contributed by atoms with Gasteiger partial charge in [-0.05, 0) is 18.1 Å².